The van der Waals surface area contributed by atoms with E-state index in [1.807, 2.05) is 0 Å². The lowest BCUT2D eigenvalue weighted by molar-refractivity contribution is 0.308. The Balaban J connectivity index is 1.85. The molecule has 0 saturated carbocycles. The second kappa shape index (κ2) is 9.96. The highest BCUT2D eigenvalue weighted by Gasteiger charge is 2.38. The van der Waals surface area contributed by atoms with Crippen molar-refractivity contribution in [2.45, 2.75) is 58.5 Å². The molecule has 0 aliphatic heterocycles. The average molecular weight is 505 g/mol. The summed E-state index contributed by atoms with van der Waals surface area (Å²) in [5.74, 6) is 0.943. The summed E-state index contributed by atoms with van der Waals surface area (Å²) >= 11 is 0. The van der Waals surface area contributed by atoms with Crippen LogP contribution in [0.3, 0.4) is 0 Å². The highest BCUT2D eigenvalue weighted by Crippen LogP contribution is 2.60. The van der Waals surface area contributed by atoms with E-state index in [0.29, 0.717) is 6.61 Å². The Hall–Kier alpha value is -3.15. The van der Waals surface area contributed by atoms with Crippen LogP contribution in [0.1, 0.15) is 47.1 Å². The predicted molar refractivity (Wildman–Crippen MR) is 164 cm³/mol. The Morgan fingerprint density at radius 1 is 0.541 bits per heavy atom. The van der Waals surface area contributed by atoms with Crippen LogP contribution < -0.4 is 10.0 Å². The molecule has 0 amide bonds. The van der Waals surface area contributed by atoms with Gasteiger partial charge in [0.2, 0.25) is 0 Å². The Morgan fingerprint density at radius 2 is 1.05 bits per heavy atom. The minimum atomic E-state index is -0.532. The third kappa shape index (κ3) is 5.16. The van der Waals surface area contributed by atoms with Crippen molar-refractivity contribution in [2.24, 2.45) is 0 Å². The number of rotatable bonds is 5. The largest absolute Gasteiger partial charge is 0.488 e. The van der Waals surface area contributed by atoms with E-state index in [4.69, 9.17) is 4.74 Å². The molecule has 0 aromatic heterocycles. The Bertz CT molecular complexity index is 1520. The number of ether oxygens (including phenoxy) is 1. The molecule has 1 nitrogen and oxygen atoms in total. The smallest absolute Gasteiger partial charge is 0.128 e. The fourth-order valence-corrected chi connectivity index (χ4v) is 9.94. The molecule has 0 unspecified atom stereocenters. The predicted octanol–water partition coefficient (Wildman–Crippen LogP) is 9.94. The summed E-state index contributed by atoms with van der Waals surface area (Å²) in [6.45, 7) is 15.0. The third-order valence-corrected chi connectivity index (χ3v) is 10.4. The van der Waals surface area contributed by atoms with Crippen LogP contribution >= 0.6 is 7.92 Å². The van der Waals surface area contributed by atoms with Gasteiger partial charge in [0.1, 0.15) is 12.4 Å². The third-order valence-electron chi connectivity index (χ3n) is 6.87. The quantitative estimate of drug-likeness (QED) is 0.216. The molecule has 0 heterocycles. The topological polar surface area (TPSA) is 9.23 Å². The first-order valence-corrected chi connectivity index (χ1v) is 14.5. The lowest BCUT2D eigenvalue weighted by Crippen LogP contribution is -2.32. The molecule has 0 fully saturated rings. The van der Waals surface area contributed by atoms with Crippen molar-refractivity contribution in [3.05, 3.63) is 109 Å². The van der Waals surface area contributed by atoms with Crippen LogP contribution in [-0.2, 0) is 6.61 Å². The van der Waals surface area contributed by atoms with Crippen molar-refractivity contribution in [1.82, 2.24) is 0 Å². The lowest BCUT2D eigenvalue weighted by atomic mass is 9.93. The number of hydrogen-bond acceptors (Lipinski definition) is 1. The van der Waals surface area contributed by atoms with Gasteiger partial charge in [0.25, 0.3) is 0 Å². The molecule has 188 valence electrons. The van der Waals surface area contributed by atoms with Crippen LogP contribution in [0.4, 0.5) is 0 Å². The molecule has 5 aromatic carbocycles. The van der Waals surface area contributed by atoms with Gasteiger partial charge in [-0.05, 0) is 48.8 Å². The van der Waals surface area contributed by atoms with Crippen LogP contribution in [0.2, 0.25) is 0 Å². The molecule has 0 aliphatic rings. The lowest BCUT2D eigenvalue weighted by Gasteiger charge is -2.43. The van der Waals surface area contributed by atoms with Gasteiger partial charge in [0, 0.05) is 11.1 Å². The molecule has 0 radical (unpaired) electrons. The van der Waals surface area contributed by atoms with E-state index in [-0.39, 0.29) is 10.3 Å². The zero-order valence-electron chi connectivity index (χ0n) is 22.9. The normalized spacial score (nSPS) is 12.4. The molecule has 0 atom stereocenters. The molecule has 5 aromatic rings. The van der Waals surface area contributed by atoms with Crippen LogP contribution in [0.25, 0.3) is 32.7 Å². The Labute approximate surface area is 223 Å². The van der Waals surface area contributed by atoms with Crippen LogP contribution in [0.5, 0.6) is 5.75 Å². The Kier molecular flexibility index (Phi) is 6.86. The second-order valence-corrected chi connectivity index (χ2v) is 15.6. The summed E-state index contributed by atoms with van der Waals surface area (Å²) in [4.78, 5) is 0. The summed E-state index contributed by atoms with van der Waals surface area (Å²) in [5, 5.41) is 6.76. The summed E-state index contributed by atoms with van der Waals surface area (Å²) < 4.78 is 6.65. The molecule has 37 heavy (non-hydrogen) atoms. The Morgan fingerprint density at radius 3 is 1.65 bits per heavy atom. The summed E-state index contributed by atoms with van der Waals surface area (Å²) in [5.41, 5.74) is 3.71. The number of fused-ring (bicyclic) bond motifs is 2. The fraction of sp³-hybridized carbons (Fsp3) is 0.257. The highest BCUT2D eigenvalue weighted by molar-refractivity contribution is 7.68. The molecule has 0 bridgehead atoms. The van der Waals surface area contributed by atoms with Gasteiger partial charge < -0.3 is 4.74 Å². The summed E-state index contributed by atoms with van der Waals surface area (Å²) in [6, 6.07) is 37.1. The van der Waals surface area contributed by atoms with Gasteiger partial charge in [-0.15, -0.1) is 0 Å². The van der Waals surface area contributed by atoms with Gasteiger partial charge in [-0.1, -0.05) is 147 Å². The fourth-order valence-electron chi connectivity index (χ4n) is 5.80. The standard InChI is InChI=1S/C35H37OP/c1-34(2,3)37(35(4,5)6)31-23-21-27-17-11-13-19-29(27)33(31)32-28-18-12-10-16-26(28)20-22-30(32)36-24-25-14-8-7-9-15-25/h7-23H,24H2,1-6H3. The van der Waals surface area contributed by atoms with E-state index in [2.05, 4.69) is 145 Å². The van der Waals surface area contributed by atoms with E-state index < -0.39 is 7.92 Å². The molecular weight excluding hydrogens is 467 g/mol. The minimum absolute atomic E-state index is 0.139. The number of hydrogen-bond donors (Lipinski definition) is 0. The summed E-state index contributed by atoms with van der Waals surface area (Å²) in [6.07, 6.45) is 0. The van der Waals surface area contributed by atoms with Gasteiger partial charge in [-0.3, -0.25) is 0 Å². The first kappa shape index (κ1) is 25.5. The SMILES string of the molecule is CC(C)(C)P(c1ccc2ccccc2c1-c1c(OCc2ccccc2)ccc2ccccc12)C(C)(C)C. The highest BCUT2D eigenvalue weighted by atomic mass is 31.1. The molecule has 0 spiro atoms. The van der Waals surface area contributed by atoms with E-state index in [0.717, 1.165) is 5.75 Å². The van der Waals surface area contributed by atoms with E-state index >= 15 is 0 Å². The van der Waals surface area contributed by atoms with Crippen molar-refractivity contribution < 1.29 is 4.74 Å². The van der Waals surface area contributed by atoms with Crippen molar-refractivity contribution in [1.29, 1.82) is 0 Å². The summed E-state index contributed by atoms with van der Waals surface area (Å²) in [7, 11) is -0.532. The van der Waals surface area contributed by atoms with Gasteiger partial charge in [0.15, 0.2) is 0 Å². The van der Waals surface area contributed by atoms with Crippen LogP contribution in [0, 0.1) is 0 Å². The first-order valence-electron chi connectivity index (χ1n) is 13.2. The second-order valence-electron chi connectivity index (χ2n) is 11.8. The van der Waals surface area contributed by atoms with E-state index in [1.165, 1.54) is 43.5 Å². The molecule has 0 aliphatic carbocycles. The van der Waals surface area contributed by atoms with Gasteiger partial charge in [-0.25, -0.2) is 0 Å². The maximum Gasteiger partial charge on any atom is 0.128 e. The van der Waals surface area contributed by atoms with Crippen molar-refractivity contribution >= 4 is 34.8 Å². The number of benzene rings is 5. The zero-order chi connectivity index (χ0) is 26.2. The maximum atomic E-state index is 6.65. The molecule has 0 saturated heterocycles. The minimum Gasteiger partial charge on any atom is -0.488 e. The zero-order valence-corrected chi connectivity index (χ0v) is 23.8. The molecule has 0 N–H and O–H groups in total. The van der Waals surface area contributed by atoms with Gasteiger partial charge >= 0.3 is 0 Å². The molecule has 2 heteroatoms. The van der Waals surface area contributed by atoms with Crippen molar-refractivity contribution in [3.8, 4) is 16.9 Å². The monoisotopic (exact) mass is 504 g/mol. The molecular formula is C35H37OP. The van der Waals surface area contributed by atoms with Crippen molar-refractivity contribution in [2.75, 3.05) is 0 Å². The maximum absolute atomic E-state index is 6.65. The van der Waals surface area contributed by atoms with Crippen LogP contribution in [-0.4, -0.2) is 10.3 Å². The van der Waals surface area contributed by atoms with Crippen molar-refractivity contribution in [3.63, 3.8) is 0 Å². The first-order chi connectivity index (χ1) is 17.6. The van der Waals surface area contributed by atoms with Gasteiger partial charge in [-0.2, -0.15) is 0 Å². The van der Waals surface area contributed by atoms with E-state index in [1.54, 1.807) is 0 Å². The van der Waals surface area contributed by atoms with E-state index in [9.17, 15) is 0 Å². The van der Waals surface area contributed by atoms with Gasteiger partial charge in [0.05, 0.1) is 0 Å². The average Bonchev–Trinajstić information content (AvgIpc) is 2.86. The molecule has 5 rings (SSSR count). The van der Waals surface area contributed by atoms with Crippen LogP contribution in [0.15, 0.2) is 103 Å².